The van der Waals surface area contributed by atoms with Crippen molar-refractivity contribution in [1.29, 1.82) is 0 Å². The summed E-state index contributed by atoms with van der Waals surface area (Å²) in [6.07, 6.45) is 0. The van der Waals surface area contributed by atoms with Gasteiger partial charge >= 0.3 is 33.3 Å². The third-order valence-electron chi connectivity index (χ3n) is 3.41. The summed E-state index contributed by atoms with van der Waals surface area (Å²) in [6.45, 7) is 14.6. The van der Waals surface area contributed by atoms with Crippen molar-refractivity contribution in [2.45, 2.75) is 64.8 Å². The fourth-order valence-electron chi connectivity index (χ4n) is 1.95. The van der Waals surface area contributed by atoms with Crippen LogP contribution in [0.5, 0.6) is 0 Å². The molecule has 0 aromatic heterocycles. The van der Waals surface area contributed by atoms with Gasteiger partial charge in [0, 0.05) is 0 Å². The van der Waals surface area contributed by atoms with E-state index in [2.05, 4.69) is 61.2 Å². The van der Waals surface area contributed by atoms with Crippen LogP contribution in [0.15, 0.2) is 0 Å². The summed E-state index contributed by atoms with van der Waals surface area (Å²) in [6, 6.07) is 1.39. The molecule has 0 bridgehead atoms. The van der Waals surface area contributed by atoms with E-state index in [1.807, 2.05) is 0 Å². The maximum absolute atomic E-state index is 4.80. The van der Waals surface area contributed by atoms with Crippen LogP contribution in [0.25, 0.3) is 26.6 Å². The van der Waals surface area contributed by atoms with E-state index in [9.17, 15) is 0 Å². The molecule has 0 unspecified atom stereocenters. The predicted octanol–water partition coefficient (Wildman–Crippen LogP) is 5.19. The molecule has 0 amide bonds. The average molecular weight is 406 g/mol. The molecule has 0 radical (unpaired) electrons. The van der Waals surface area contributed by atoms with Gasteiger partial charge in [-0.25, -0.2) is 0 Å². The molecule has 0 saturated carbocycles. The first-order valence-corrected chi connectivity index (χ1v) is 11.3. The van der Waals surface area contributed by atoms with Gasteiger partial charge in [0.1, 0.15) is 0 Å². The number of rotatable bonds is 0. The molecule has 0 aliphatic carbocycles. The molecule has 0 N–H and O–H groups in total. The van der Waals surface area contributed by atoms with Gasteiger partial charge in [0.2, 0.25) is 0 Å². The number of hydrogen-bond donors (Lipinski definition) is 0. The van der Waals surface area contributed by atoms with E-state index in [0.717, 1.165) is 32.7 Å². The van der Waals surface area contributed by atoms with Gasteiger partial charge in [0.05, 0.1) is 0 Å². The second-order valence-corrected chi connectivity index (χ2v) is 8.07. The molecule has 5 atom stereocenters. The van der Waals surface area contributed by atoms with Crippen LogP contribution in [0.4, 0.5) is 0 Å². The van der Waals surface area contributed by atoms with Gasteiger partial charge in [-0.05, 0) is 0 Å². The fourth-order valence-corrected chi connectivity index (χ4v) is 1.95. The van der Waals surface area contributed by atoms with Crippen molar-refractivity contribution in [3.05, 3.63) is 26.6 Å². The molecular formula is C15H30Cl2MnN5-5. The summed E-state index contributed by atoms with van der Waals surface area (Å²) in [5.41, 5.74) is 0. The summed E-state index contributed by atoms with van der Waals surface area (Å²) in [5, 5.41) is 23.2. The quantitative estimate of drug-likeness (QED) is 0.497. The molecule has 0 aromatic rings. The Kier molecular flexibility index (Phi) is 15.8. The van der Waals surface area contributed by atoms with Gasteiger partial charge in [-0.3, -0.25) is 0 Å². The molecule has 0 spiro atoms. The van der Waals surface area contributed by atoms with Crippen molar-refractivity contribution < 1.29 is 13.1 Å². The second-order valence-electron chi connectivity index (χ2n) is 6.12. The molecule has 141 valence electrons. The zero-order valence-corrected chi connectivity index (χ0v) is 17.5. The monoisotopic (exact) mass is 405 g/mol. The molecule has 1 aliphatic heterocycles. The van der Waals surface area contributed by atoms with E-state index in [1.165, 1.54) is 0 Å². The van der Waals surface area contributed by atoms with E-state index in [4.69, 9.17) is 20.2 Å². The molecular weight excluding hydrogens is 376 g/mol. The van der Waals surface area contributed by atoms with Crippen LogP contribution in [-0.4, -0.2) is 62.9 Å². The number of halogens is 2. The van der Waals surface area contributed by atoms with Crippen molar-refractivity contribution >= 4 is 20.2 Å². The molecule has 1 heterocycles. The van der Waals surface area contributed by atoms with Crippen LogP contribution in [0, 0.1) is 0 Å². The first-order valence-electron chi connectivity index (χ1n) is 8.09. The van der Waals surface area contributed by atoms with Crippen molar-refractivity contribution in [3.8, 4) is 0 Å². The molecule has 1 aliphatic rings. The van der Waals surface area contributed by atoms with Crippen LogP contribution in [0.1, 0.15) is 34.6 Å². The van der Waals surface area contributed by atoms with E-state index >= 15 is 0 Å². The topological polar surface area (TPSA) is 70.5 Å². The van der Waals surface area contributed by atoms with E-state index in [0.29, 0.717) is 0 Å². The van der Waals surface area contributed by atoms with Crippen molar-refractivity contribution in [3.63, 3.8) is 0 Å². The van der Waals surface area contributed by atoms with Gasteiger partial charge in [-0.2, -0.15) is 62.9 Å². The third-order valence-corrected chi connectivity index (χ3v) is 3.41. The van der Waals surface area contributed by atoms with Crippen LogP contribution < -0.4 is 0 Å². The summed E-state index contributed by atoms with van der Waals surface area (Å²) < 4.78 is 0. The molecule has 1 saturated heterocycles. The third kappa shape index (κ3) is 14.9. The zero-order valence-electron chi connectivity index (χ0n) is 14.8. The van der Waals surface area contributed by atoms with Crippen molar-refractivity contribution in [2.75, 3.05) is 32.7 Å². The second kappa shape index (κ2) is 15.2. The Morgan fingerprint density at radius 3 is 0.783 bits per heavy atom. The Morgan fingerprint density at radius 1 is 0.522 bits per heavy atom. The summed E-state index contributed by atoms with van der Waals surface area (Å²) in [4.78, 5) is 0. The van der Waals surface area contributed by atoms with Gasteiger partial charge in [-0.15, -0.1) is 0 Å². The Balaban J connectivity index is 0.00000149. The van der Waals surface area contributed by atoms with Gasteiger partial charge in [-0.1, -0.05) is 34.6 Å². The maximum atomic E-state index is 4.80. The van der Waals surface area contributed by atoms with Crippen LogP contribution in [-0.2, 0) is 13.1 Å². The molecule has 8 heteroatoms. The molecule has 0 aromatic carbocycles. The fraction of sp³-hybridized carbons (Fsp3) is 1.00. The Hall–Kier alpha value is 0.899. The number of nitrogens with zero attached hydrogens (tertiary/aromatic N) is 5. The van der Waals surface area contributed by atoms with Crippen LogP contribution in [0.2, 0.25) is 0 Å². The Morgan fingerprint density at radius 2 is 0.652 bits per heavy atom. The number of hydrogen-bond acceptors (Lipinski definition) is 0. The van der Waals surface area contributed by atoms with Crippen LogP contribution >= 0.6 is 20.2 Å². The SMILES string of the molecule is C[C@@H]1C[N-][C@@H](C)C[N-][C@H](C)C[N-][C@@H](C)C[N-][C@@H](C)C[N-]1.[Cl][Mn][Cl]. The summed E-state index contributed by atoms with van der Waals surface area (Å²) in [7, 11) is 9.59. The van der Waals surface area contributed by atoms with E-state index in [-0.39, 0.29) is 43.3 Å². The Labute approximate surface area is 157 Å². The van der Waals surface area contributed by atoms with E-state index in [1.54, 1.807) is 0 Å². The Bertz CT molecular complexity index is 198. The average Bonchev–Trinajstić information content (AvgIpc) is 2.52. The van der Waals surface area contributed by atoms with Gasteiger partial charge < -0.3 is 26.6 Å². The zero-order chi connectivity index (χ0) is 17.7. The standard InChI is InChI=1S/C15H30N5.2ClH.Mn/c1-11-6-17-13(3)8-19-15(5)10-20-14(4)9-18-12(2)7-16-11;;;/h11-15H,6-10H2,1-5H3;2*1H;/q-5;;;+2/p-2/t11-,12-,13+,14+,15-;;;/m0.../s1. The first kappa shape index (κ1) is 23.9. The first-order chi connectivity index (χ1) is 10.9. The normalized spacial score (nSPS) is 35.3. The van der Waals surface area contributed by atoms with Crippen LogP contribution in [0.3, 0.4) is 0 Å². The minimum atomic E-state index is 0.00694. The predicted molar refractivity (Wildman–Crippen MR) is 100 cm³/mol. The molecule has 5 nitrogen and oxygen atoms in total. The van der Waals surface area contributed by atoms with Gasteiger partial charge in [0.15, 0.2) is 0 Å². The summed E-state index contributed by atoms with van der Waals surface area (Å²) >= 11 is 0.00694. The molecule has 1 fully saturated rings. The molecule has 23 heavy (non-hydrogen) atoms. The van der Waals surface area contributed by atoms with Crippen molar-refractivity contribution in [1.82, 2.24) is 0 Å². The molecule has 1 rings (SSSR count). The minimum absolute atomic E-state index is 0.00694. The van der Waals surface area contributed by atoms with Gasteiger partial charge in [0.25, 0.3) is 0 Å². The summed E-state index contributed by atoms with van der Waals surface area (Å²) in [5.74, 6) is 0. The van der Waals surface area contributed by atoms with Crippen molar-refractivity contribution in [2.24, 2.45) is 0 Å². The van der Waals surface area contributed by atoms with E-state index < -0.39 is 0 Å².